The Balaban J connectivity index is 1.72. The molecule has 0 aromatic rings. The summed E-state index contributed by atoms with van der Waals surface area (Å²) in [5, 5.41) is 4.06. The molecule has 3 aliphatic rings. The highest BCUT2D eigenvalue weighted by Gasteiger charge is 2.59. The highest BCUT2D eigenvalue weighted by Crippen LogP contribution is 2.62. The molecule has 1 aliphatic heterocycles. The minimum absolute atomic E-state index is 0.413. The van der Waals surface area contributed by atoms with Crippen molar-refractivity contribution in [3.63, 3.8) is 0 Å². The van der Waals surface area contributed by atoms with Gasteiger partial charge in [-0.3, -0.25) is 0 Å². The predicted molar refractivity (Wildman–Crippen MR) is 79.2 cm³/mol. The minimum atomic E-state index is 0.413. The Bertz CT molecular complexity index is 338. The summed E-state index contributed by atoms with van der Waals surface area (Å²) < 4.78 is 5.88. The average molecular weight is 265 g/mol. The zero-order valence-corrected chi connectivity index (χ0v) is 13.3. The molecule has 110 valence electrons. The molecule has 0 amide bonds. The van der Waals surface area contributed by atoms with Crippen molar-refractivity contribution in [1.29, 1.82) is 0 Å². The molecular formula is C17H31NO. The molecule has 5 unspecified atom stereocenters. The van der Waals surface area contributed by atoms with E-state index in [9.17, 15) is 0 Å². The van der Waals surface area contributed by atoms with Gasteiger partial charge in [-0.15, -0.1) is 0 Å². The van der Waals surface area contributed by atoms with Gasteiger partial charge in [-0.1, -0.05) is 20.8 Å². The lowest BCUT2D eigenvalue weighted by Gasteiger charge is -2.46. The van der Waals surface area contributed by atoms with Crippen LogP contribution in [0.5, 0.6) is 0 Å². The molecule has 0 aromatic heterocycles. The fourth-order valence-corrected chi connectivity index (χ4v) is 5.50. The quantitative estimate of drug-likeness (QED) is 0.821. The van der Waals surface area contributed by atoms with Crippen molar-refractivity contribution in [2.24, 2.45) is 16.7 Å². The number of fused-ring (bicyclic) bond motifs is 2. The second-order valence-electron chi connectivity index (χ2n) is 8.44. The lowest BCUT2D eigenvalue weighted by atomic mass is 9.68. The molecule has 1 N–H and O–H groups in total. The standard InChI is InChI=1S/C17H31NO/c1-11-8-14(9-12(2)19-11)18-15-16(3,4)13-6-7-17(15,5)10-13/h11-15,18H,6-10H2,1-5H3. The molecule has 0 spiro atoms. The molecule has 2 nitrogen and oxygen atoms in total. The smallest absolute Gasteiger partial charge is 0.0565 e. The summed E-state index contributed by atoms with van der Waals surface area (Å²) in [6, 6.07) is 1.35. The molecular weight excluding hydrogens is 234 g/mol. The first kappa shape index (κ1) is 13.9. The molecule has 3 fully saturated rings. The van der Waals surface area contributed by atoms with Gasteiger partial charge >= 0.3 is 0 Å². The van der Waals surface area contributed by atoms with Crippen LogP contribution in [0.1, 0.15) is 66.7 Å². The van der Waals surface area contributed by atoms with Crippen molar-refractivity contribution in [2.75, 3.05) is 0 Å². The number of ether oxygens (including phenoxy) is 1. The Morgan fingerprint density at radius 3 is 2.21 bits per heavy atom. The van der Waals surface area contributed by atoms with E-state index in [1.807, 2.05) is 0 Å². The molecule has 1 heterocycles. The van der Waals surface area contributed by atoms with Crippen molar-refractivity contribution in [2.45, 2.75) is 91.0 Å². The van der Waals surface area contributed by atoms with E-state index >= 15 is 0 Å². The van der Waals surface area contributed by atoms with Gasteiger partial charge < -0.3 is 10.1 Å². The molecule has 0 radical (unpaired) electrons. The summed E-state index contributed by atoms with van der Waals surface area (Å²) in [6.45, 7) is 11.9. The van der Waals surface area contributed by atoms with E-state index in [-0.39, 0.29) is 0 Å². The first-order chi connectivity index (χ1) is 8.81. The van der Waals surface area contributed by atoms with Crippen LogP contribution in [0.3, 0.4) is 0 Å². The molecule has 2 saturated carbocycles. The van der Waals surface area contributed by atoms with Gasteiger partial charge in [0.25, 0.3) is 0 Å². The summed E-state index contributed by atoms with van der Waals surface area (Å²) in [6.07, 6.45) is 7.49. The third kappa shape index (κ3) is 2.25. The van der Waals surface area contributed by atoms with Gasteiger partial charge in [0.2, 0.25) is 0 Å². The topological polar surface area (TPSA) is 21.3 Å². The van der Waals surface area contributed by atoms with Crippen molar-refractivity contribution >= 4 is 0 Å². The van der Waals surface area contributed by atoms with Crippen molar-refractivity contribution < 1.29 is 4.74 Å². The lowest BCUT2D eigenvalue weighted by Crippen LogP contribution is -2.55. The van der Waals surface area contributed by atoms with Crippen LogP contribution in [0.15, 0.2) is 0 Å². The van der Waals surface area contributed by atoms with Gasteiger partial charge in [-0.05, 0) is 62.7 Å². The van der Waals surface area contributed by atoms with E-state index in [2.05, 4.69) is 39.9 Å². The van der Waals surface area contributed by atoms with Gasteiger partial charge in [0.05, 0.1) is 12.2 Å². The van der Waals surface area contributed by atoms with E-state index in [0.29, 0.717) is 35.1 Å². The summed E-state index contributed by atoms with van der Waals surface area (Å²) >= 11 is 0. The van der Waals surface area contributed by atoms with Crippen LogP contribution in [0.2, 0.25) is 0 Å². The van der Waals surface area contributed by atoms with Crippen LogP contribution >= 0.6 is 0 Å². The predicted octanol–water partition coefficient (Wildman–Crippen LogP) is 3.75. The lowest BCUT2D eigenvalue weighted by molar-refractivity contribution is -0.0499. The maximum Gasteiger partial charge on any atom is 0.0565 e. The highest BCUT2D eigenvalue weighted by atomic mass is 16.5. The third-order valence-corrected chi connectivity index (χ3v) is 6.37. The van der Waals surface area contributed by atoms with E-state index < -0.39 is 0 Å². The van der Waals surface area contributed by atoms with E-state index in [0.717, 1.165) is 5.92 Å². The molecule has 1 saturated heterocycles. The largest absolute Gasteiger partial charge is 0.375 e. The summed E-state index contributed by atoms with van der Waals surface area (Å²) in [7, 11) is 0. The molecule has 3 rings (SSSR count). The Hall–Kier alpha value is -0.0800. The monoisotopic (exact) mass is 265 g/mol. The van der Waals surface area contributed by atoms with Gasteiger partial charge in [0.1, 0.15) is 0 Å². The number of rotatable bonds is 2. The minimum Gasteiger partial charge on any atom is -0.375 e. The average Bonchev–Trinajstić information content (AvgIpc) is 2.74. The Kier molecular flexibility index (Phi) is 3.26. The van der Waals surface area contributed by atoms with Crippen LogP contribution < -0.4 is 5.32 Å². The van der Waals surface area contributed by atoms with Crippen LogP contribution in [0.4, 0.5) is 0 Å². The van der Waals surface area contributed by atoms with Crippen LogP contribution in [-0.2, 0) is 4.74 Å². The Morgan fingerprint density at radius 2 is 1.68 bits per heavy atom. The molecule has 2 heteroatoms. The first-order valence-corrected chi connectivity index (χ1v) is 8.23. The van der Waals surface area contributed by atoms with Crippen molar-refractivity contribution in [1.82, 2.24) is 5.32 Å². The number of nitrogens with one attached hydrogen (secondary N) is 1. The van der Waals surface area contributed by atoms with E-state index in [1.54, 1.807) is 0 Å². The summed E-state index contributed by atoms with van der Waals surface area (Å²) in [5.74, 6) is 0.935. The zero-order chi connectivity index (χ0) is 13.8. The SMILES string of the molecule is CC1CC(NC2C3(C)CCC(C3)C2(C)C)CC(C)O1. The fraction of sp³-hybridized carbons (Fsp3) is 1.00. The van der Waals surface area contributed by atoms with Crippen LogP contribution in [0.25, 0.3) is 0 Å². The van der Waals surface area contributed by atoms with Gasteiger partial charge in [0.15, 0.2) is 0 Å². The molecule has 19 heavy (non-hydrogen) atoms. The highest BCUT2D eigenvalue weighted by molar-refractivity contribution is 5.12. The van der Waals surface area contributed by atoms with Crippen LogP contribution in [-0.4, -0.2) is 24.3 Å². The van der Waals surface area contributed by atoms with Crippen LogP contribution in [0, 0.1) is 16.7 Å². The van der Waals surface area contributed by atoms with E-state index in [1.165, 1.54) is 32.1 Å². The molecule has 2 aliphatic carbocycles. The van der Waals surface area contributed by atoms with Crippen molar-refractivity contribution in [3.05, 3.63) is 0 Å². The molecule has 2 bridgehead atoms. The Labute approximate surface area is 118 Å². The normalized spacial score (nSPS) is 52.6. The summed E-state index contributed by atoms with van der Waals surface area (Å²) in [5.41, 5.74) is 1.01. The first-order valence-electron chi connectivity index (χ1n) is 8.23. The van der Waals surface area contributed by atoms with Crippen molar-refractivity contribution in [3.8, 4) is 0 Å². The van der Waals surface area contributed by atoms with E-state index in [4.69, 9.17) is 4.74 Å². The number of hydrogen-bond acceptors (Lipinski definition) is 2. The zero-order valence-electron chi connectivity index (χ0n) is 13.3. The second kappa shape index (κ2) is 4.46. The Morgan fingerprint density at radius 1 is 1.05 bits per heavy atom. The van der Waals surface area contributed by atoms with Gasteiger partial charge in [0, 0.05) is 12.1 Å². The van der Waals surface area contributed by atoms with Gasteiger partial charge in [-0.25, -0.2) is 0 Å². The molecule has 0 aromatic carbocycles. The second-order valence-corrected chi connectivity index (χ2v) is 8.44. The number of hydrogen-bond donors (Lipinski definition) is 1. The third-order valence-electron chi connectivity index (χ3n) is 6.37. The molecule has 5 atom stereocenters. The maximum absolute atomic E-state index is 5.88. The fourth-order valence-electron chi connectivity index (χ4n) is 5.50. The van der Waals surface area contributed by atoms with Gasteiger partial charge in [-0.2, -0.15) is 0 Å². The summed E-state index contributed by atoms with van der Waals surface area (Å²) in [4.78, 5) is 0. The maximum atomic E-state index is 5.88.